The highest BCUT2D eigenvalue weighted by Crippen LogP contribution is 2.37. The van der Waals surface area contributed by atoms with Crippen LogP contribution in [0.3, 0.4) is 0 Å². The molecule has 0 radical (unpaired) electrons. The van der Waals surface area contributed by atoms with Gasteiger partial charge in [-0.05, 0) is 43.5 Å². The van der Waals surface area contributed by atoms with Crippen LogP contribution >= 0.6 is 0 Å². The zero-order valence-electron chi connectivity index (χ0n) is 14.4. The third-order valence-electron chi connectivity index (χ3n) is 4.38. The molecular formula is C18H20F2N2O5. The lowest BCUT2D eigenvalue weighted by molar-refractivity contribution is -0.149. The van der Waals surface area contributed by atoms with E-state index in [-0.39, 0.29) is 24.0 Å². The van der Waals surface area contributed by atoms with Gasteiger partial charge in [0.25, 0.3) is 18.2 Å². The van der Waals surface area contributed by atoms with Crippen LogP contribution in [0.5, 0.6) is 0 Å². The summed E-state index contributed by atoms with van der Waals surface area (Å²) in [4.78, 5) is 23.8. The van der Waals surface area contributed by atoms with Crippen LogP contribution in [0.1, 0.15) is 29.3 Å². The molecule has 5 N–H and O–H groups in total. The van der Waals surface area contributed by atoms with Crippen molar-refractivity contribution < 1.29 is 33.8 Å². The third kappa shape index (κ3) is 5.01. The molecule has 0 aliphatic heterocycles. The number of halogens is 2. The van der Waals surface area contributed by atoms with Crippen molar-refractivity contribution >= 4 is 11.8 Å². The minimum Gasteiger partial charge on any atom is -0.396 e. The largest absolute Gasteiger partial charge is 0.396 e. The molecule has 146 valence electrons. The number of hydroxylamine groups is 1. The Labute approximate surface area is 154 Å². The Balaban J connectivity index is 2.08. The van der Waals surface area contributed by atoms with Gasteiger partial charge in [0, 0.05) is 23.7 Å². The summed E-state index contributed by atoms with van der Waals surface area (Å²) >= 11 is 0. The van der Waals surface area contributed by atoms with Gasteiger partial charge in [0.05, 0.1) is 0 Å². The van der Waals surface area contributed by atoms with Crippen molar-refractivity contribution in [3.63, 3.8) is 0 Å². The number of hydrogen-bond acceptors (Lipinski definition) is 5. The summed E-state index contributed by atoms with van der Waals surface area (Å²) in [5.74, 6) is 4.03. The van der Waals surface area contributed by atoms with E-state index in [1.165, 1.54) is 12.1 Å². The van der Waals surface area contributed by atoms with Crippen LogP contribution in [0.2, 0.25) is 0 Å². The second-order valence-corrected chi connectivity index (χ2v) is 6.54. The smallest absolute Gasteiger partial charge is 0.269 e. The van der Waals surface area contributed by atoms with Crippen molar-refractivity contribution in [2.45, 2.75) is 31.4 Å². The Morgan fingerprint density at radius 3 is 2.44 bits per heavy atom. The SMILES string of the molecule is C[C@@](O)(C(F)F)[C@H](NC(=O)c1ccc(C#CC2CC2CO)cc1)C(=O)NO. The highest BCUT2D eigenvalue weighted by molar-refractivity contribution is 5.97. The monoisotopic (exact) mass is 382 g/mol. The van der Waals surface area contributed by atoms with Crippen molar-refractivity contribution in [1.29, 1.82) is 0 Å². The Morgan fingerprint density at radius 2 is 1.96 bits per heavy atom. The molecule has 1 aromatic rings. The molecule has 2 amide bonds. The van der Waals surface area contributed by atoms with Gasteiger partial charge in [-0.2, -0.15) is 0 Å². The van der Waals surface area contributed by atoms with Crippen LogP contribution in [0.4, 0.5) is 8.78 Å². The second kappa shape index (κ2) is 8.43. The van der Waals surface area contributed by atoms with Crippen LogP contribution in [0.15, 0.2) is 24.3 Å². The first-order valence-corrected chi connectivity index (χ1v) is 8.18. The number of aliphatic hydroxyl groups is 2. The molecule has 27 heavy (non-hydrogen) atoms. The number of carbonyl (C=O) groups excluding carboxylic acids is 2. The van der Waals surface area contributed by atoms with E-state index in [2.05, 4.69) is 11.8 Å². The van der Waals surface area contributed by atoms with E-state index in [1.54, 1.807) is 12.1 Å². The molecule has 4 atom stereocenters. The highest BCUT2D eigenvalue weighted by Gasteiger charge is 2.46. The summed E-state index contributed by atoms with van der Waals surface area (Å²) in [5, 5.41) is 29.4. The van der Waals surface area contributed by atoms with Gasteiger partial charge in [-0.1, -0.05) is 11.8 Å². The number of rotatable bonds is 6. The molecule has 1 saturated carbocycles. The fourth-order valence-corrected chi connectivity index (χ4v) is 2.39. The van der Waals surface area contributed by atoms with Gasteiger partial charge in [-0.25, -0.2) is 14.3 Å². The summed E-state index contributed by atoms with van der Waals surface area (Å²) in [6.45, 7) is 0.775. The third-order valence-corrected chi connectivity index (χ3v) is 4.38. The maximum atomic E-state index is 13.0. The van der Waals surface area contributed by atoms with Crippen LogP contribution in [0, 0.1) is 23.7 Å². The molecule has 0 spiro atoms. The summed E-state index contributed by atoms with van der Waals surface area (Å²) in [5.41, 5.74) is -1.06. The van der Waals surface area contributed by atoms with Gasteiger partial charge in [-0.3, -0.25) is 14.8 Å². The van der Waals surface area contributed by atoms with E-state index in [0.717, 1.165) is 11.9 Å². The van der Waals surface area contributed by atoms with Gasteiger partial charge < -0.3 is 15.5 Å². The van der Waals surface area contributed by atoms with Crippen molar-refractivity contribution in [3.05, 3.63) is 35.4 Å². The average molecular weight is 382 g/mol. The van der Waals surface area contributed by atoms with Crippen LogP contribution in [-0.2, 0) is 4.79 Å². The summed E-state index contributed by atoms with van der Waals surface area (Å²) < 4.78 is 26.0. The van der Waals surface area contributed by atoms with E-state index >= 15 is 0 Å². The number of nitrogens with one attached hydrogen (secondary N) is 2. The maximum Gasteiger partial charge on any atom is 0.269 e. The lowest BCUT2D eigenvalue weighted by atomic mass is 9.95. The van der Waals surface area contributed by atoms with E-state index in [9.17, 15) is 23.5 Å². The van der Waals surface area contributed by atoms with Crippen LogP contribution in [-0.4, -0.2) is 51.9 Å². The fraction of sp³-hybridized carbons (Fsp3) is 0.444. The van der Waals surface area contributed by atoms with Crippen LogP contribution < -0.4 is 10.8 Å². The molecule has 1 aromatic carbocycles. The van der Waals surface area contributed by atoms with E-state index in [0.29, 0.717) is 12.5 Å². The summed E-state index contributed by atoms with van der Waals surface area (Å²) in [6.07, 6.45) is -2.49. The standard InChI is InChI=1S/C18H20F2N2O5/c1-18(26,17(19)20)14(16(25)22-27)21-15(24)11-5-2-10(3-6-11)4-7-12-8-13(12)9-23/h2-3,5-6,12-14,17,23,26-27H,8-9H2,1H3,(H,21,24)(H,22,25)/t12?,13?,14-,18+/m1/s1. The first kappa shape index (κ1) is 20.8. The predicted octanol–water partition coefficient (Wildman–Crippen LogP) is 0.286. The minimum atomic E-state index is -3.34. The Hall–Kier alpha value is -2.54. The Kier molecular flexibility index (Phi) is 6.49. The van der Waals surface area contributed by atoms with Crippen LogP contribution in [0.25, 0.3) is 0 Å². The average Bonchev–Trinajstić information content (AvgIpc) is 3.42. The normalized spacial score (nSPS) is 21.4. The number of benzene rings is 1. The summed E-state index contributed by atoms with van der Waals surface area (Å²) in [7, 11) is 0. The van der Waals surface area contributed by atoms with E-state index < -0.39 is 29.9 Å². The number of alkyl halides is 2. The molecule has 7 nitrogen and oxygen atoms in total. The zero-order chi connectivity index (χ0) is 20.2. The second-order valence-electron chi connectivity index (χ2n) is 6.54. The number of aliphatic hydroxyl groups excluding tert-OH is 1. The lowest BCUT2D eigenvalue weighted by Crippen LogP contribution is -2.61. The molecule has 1 aliphatic rings. The molecule has 0 heterocycles. The number of carbonyl (C=O) groups is 2. The lowest BCUT2D eigenvalue weighted by Gasteiger charge is -2.30. The minimum absolute atomic E-state index is 0.0565. The summed E-state index contributed by atoms with van der Waals surface area (Å²) in [6, 6.07) is 3.80. The highest BCUT2D eigenvalue weighted by atomic mass is 19.3. The first-order valence-electron chi connectivity index (χ1n) is 8.18. The molecule has 0 aromatic heterocycles. The van der Waals surface area contributed by atoms with Crippen molar-refractivity contribution in [2.75, 3.05) is 6.61 Å². The molecular weight excluding hydrogens is 362 g/mol. The Morgan fingerprint density at radius 1 is 1.33 bits per heavy atom. The number of hydrogen-bond donors (Lipinski definition) is 5. The van der Waals surface area contributed by atoms with Crippen molar-refractivity contribution in [3.8, 4) is 11.8 Å². The van der Waals surface area contributed by atoms with E-state index in [1.807, 2.05) is 5.32 Å². The molecule has 1 fully saturated rings. The van der Waals surface area contributed by atoms with Gasteiger partial charge in [-0.15, -0.1) is 0 Å². The van der Waals surface area contributed by atoms with Gasteiger partial charge in [0.2, 0.25) is 0 Å². The van der Waals surface area contributed by atoms with Gasteiger partial charge in [0.15, 0.2) is 5.60 Å². The predicted molar refractivity (Wildman–Crippen MR) is 89.8 cm³/mol. The molecule has 2 rings (SSSR count). The Bertz CT molecular complexity index is 755. The van der Waals surface area contributed by atoms with Crippen molar-refractivity contribution in [1.82, 2.24) is 10.8 Å². The van der Waals surface area contributed by atoms with Crippen molar-refractivity contribution in [2.24, 2.45) is 11.8 Å². The fourth-order valence-electron chi connectivity index (χ4n) is 2.39. The molecule has 0 bridgehead atoms. The molecule has 1 aliphatic carbocycles. The zero-order valence-corrected chi connectivity index (χ0v) is 14.4. The van der Waals surface area contributed by atoms with Gasteiger partial charge in [0.1, 0.15) is 6.04 Å². The maximum absolute atomic E-state index is 13.0. The number of amides is 2. The molecule has 2 unspecified atom stereocenters. The molecule has 0 saturated heterocycles. The topological polar surface area (TPSA) is 119 Å². The first-order chi connectivity index (χ1) is 12.7. The van der Waals surface area contributed by atoms with Gasteiger partial charge >= 0.3 is 0 Å². The van der Waals surface area contributed by atoms with E-state index in [4.69, 9.17) is 10.3 Å². The molecule has 9 heteroatoms. The quantitative estimate of drug-likeness (QED) is 0.275.